The van der Waals surface area contributed by atoms with Crippen LogP contribution in [0.1, 0.15) is 31.8 Å². The van der Waals surface area contributed by atoms with Gasteiger partial charge >= 0.3 is 11.9 Å². The maximum absolute atomic E-state index is 11.6. The first-order valence-electron chi connectivity index (χ1n) is 6.75. The first-order valence-corrected chi connectivity index (χ1v) is 6.75. The highest BCUT2D eigenvalue weighted by atomic mass is 16.5. The van der Waals surface area contributed by atoms with Gasteiger partial charge in [0, 0.05) is 12.2 Å². The van der Waals surface area contributed by atoms with E-state index in [1.54, 1.807) is 6.07 Å². The Morgan fingerprint density at radius 3 is 2.32 bits per heavy atom. The van der Waals surface area contributed by atoms with Gasteiger partial charge in [0.15, 0.2) is 0 Å². The Labute approximate surface area is 128 Å². The summed E-state index contributed by atoms with van der Waals surface area (Å²) in [6.07, 6.45) is 0. The van der Waals surface area contributed by atoms with E-state index >= 15 is 0 Å². The Bertz CT molecular complexity index is 692. The van der Waals surface area contributed by atoms with Crippen LogP contribution in [0.15, 0.2) is 42.5 Å². The minimum atomic E-state index is -1.09. The van der Waals surface area contributed by atoms with Crippen LogP contribution in [0.3, 0.4) is 0 Å². The van der Waals surface area contributed by atoms with Crippen molar-refractivity contribution in [3.8, 4) is 0 Å². The lowest BCUT2D eigenvalue weighted by Crippen LogP contribution is -2.07. The number of carboxylic acids is 1. The van der Waals surface area contributed by atoms with Crippen LogP contribution in [0.25, 0.3) is 0 Å². The molecule has 0 unspecified atom stereocenters. The molecule has 2 N–H and O–H groups in total. The molecule has 114 valence electrons. The number of carbonyl (C=O) groups excluding carboxylic acids is 1. The minimum Gasteiger partial charge on any atom is -0.478 e. The fourth-order valence-electron chi connectivity index (χ4n) is 2.00. The van der Waals surface area contributed by atoms with Gasteiger partial charge in [0.05, 0.1) is 18.2 Å². The van der Waals surface area contributed by atoms with Crippen molar-refractivity contribution in [2.24, 2.45) is 0 Å². The van der Waals surface area contributed by atoms with Crippen molar-refractivity contribution in [2.75, 3.05) is 12.4 Å². The maximum atomic E-state index is 11.6. The van der Waals surface area contributed by atoms with Crippen LogP contribution < -0.4 is 5.32 Å². The molecule has 0 heterocycles. The first kappa shape index (κ1) is 15.6. The third-order valence-corrected chi connectivity index (χ3v) is 3.22. The number of hydrogen-bond donors (Lipinski definition) is 2. The topological polar surface area (TPSA) is 75.6 Å². The highest BCUT2D eigenvalue weighted by molar-refractivity contribution is 5.96. The maximum Gasteiger partial charge on any atom is 0.337 e. The molecule has 5 heteroatoms. The zero-order valence-corrected chi connectivity index (χ0v) is 12.4. The van der Waals surface area contributed by atoms with E-state index in [1.807, 2.05) is 31.2 Å². The average Bonchev–Trinajstić information content (AvgIpc) is 2.53. The molecule has 5 nitrogen and oxygen atoms in total. The van der Waals surface area contributed by atoms with Crippen LogP contribution in [-0.4, -0.2) is 24.2 Å². The number of methoxy groups -OCH3 is 1. The predicted molar refractivity (Wildman–Crippen MR) is 83.2 cm³/mol. The van der Waals surface area contributed by atoms with E-state index in [0.29, 0.717) is 12.2 Å². The number of ether oxygens (including phenoxy) is 1. The summed E-state index contributed by atoms with van der Waals surface area (Å²) >= 11 is 0. The summed E-state index contributed by atoms with van der Waals surface area (Å²) in [5.41, 5.74) is 3.03. The van der Waals surface area contributed by atoms with E-state index in [2.05, 4.69) is 10.1 Å². The SMILES string of the molecule is COC(=O)c1cc(NCc2ccc(C)cc2)cc(C(=O)O)c1. The van der Waals surface area contributed by atoms with Gasteiger partial charge in [-0.2, -0.15) is 0 Å². The van der Waals surface area contributed by atoms with E-state index < -0.39 is 11.9 Å². The fourth-order valence-corrected chi connectivity index (χ4v) is 2.00. The number of nitrogens with one attached hydrogen (secondary N) is 1. The van der Waals surface area contributed by atoms with Gasteiger partial charge in [-0.25, -0.2) is 9.59 Å². The molecule has 0 fully saturated rings. The number of anilines is 1. The van der Waals surface area contributed by atoms with E-state index in [4.69, 9.17) is 5.11 Å². The summed E-state index contributed by atoms with van der Waals surface area (Å²) in [7, 11) is 1.26. The predicted octanol–water partition coefficient (Wildman–Crippen LogP) is 3.09. The zero-order valence-electron chi connectivity index (χ0n) is 12.4. The van der Waals surface area contributed by atoms with Gasteiger partial charge in [0.2, 0.25) is 0 Å². The molecule has 0 saturated carbocycles. The molecule has 2 rings (SSSR count). The van der Waals surface area contributed by atoms with Crippen LogP contribution in [-0.2, 0) is 11.3 Å². The molecule has 0 aliphatic heterocycles. The average molecular weight is 299 g/mol. The molecule has 0 atom stereocenters. The van der Waals surface area contributed by atoms with Crippen molar-refractivity contribution in [1.82, 2.24) is 0 Å². The first-order chi connectivity index (χ1) is 10.5. The Kier molecular flexibility index (Phi) is 4.78. The summed E-state index contributed by atoms with van der Waals surface area (Å²) in [4.78, 5) is 22.8. The number of carbonyl (C=O) groups is 2. The highest BCUT2D eigenvalue weighted by Crippen LogP contribution is 2.17. The van der Waals surface area contributed by atoms with Crippen LogP contribution in [0.5, 0.6) is 0 Å². The molecule has 0 radical (unpaired) electrons. The second-order valence-electron chi connectivity index (χ2n) is 4.93. The van der Waals surface area contributed by atoms with E-state index in [-0.39, 0.29) is 11.1 Å². The fraction of sp³-hybridized carbons (Fsp3) is 0.176. The molecule has 0 amide bonds. The molecular weight excluding hydrogens is 282 g/mol. The number of aryl methyl sites for hydroxylation is 1. The van der Waals surface area contributed by atoms with Crippen LogP contribution in [0.4, 0.5) is 5.69 Å². The molecule has 22 heavy (non-hydrogen) atoms. The number of esters is 1. The van der Waals surface area contributed by atoms with Crippen molar-refractivity contribution >= 4 is 17.6 Å². The summed E-state index contributed by atoms with van der Waals surface area (Å²) < 4.78 is 4.64. The zero-order chi connectivity index (χ0) is 16.1. The van der Waals surface area contributed by atoms with Crippen LogP contribution >= 0.6 is 0 Å². The molecule has 0 bridgehead atoms. The van der Waals surface area contributed by atoms with Gasteiger partial charge in [-0.3, -0.25) is 0 Å². The molecule has 2 aromatic rings. The normalized spacial score (nSPS) is 10.1. The van der Waals surface area contributed by atoms with Crippen molar-refractivity contribution in [3.05, 3.63) is 64.7 Å². The lowest BCUT2D eigenvalue weighted by Gasteiger charge is -2.10. The quantitative estimate of drug-likeness (QED) is 0.830. The number of hydrogen-bond acceptors (Lipinski definition) is 4. The monoisotopic (exact) mass is 299 g/mol. The van der Waals surface area contributed by atoms with Crippen molar-refractivity contribution in [3.63, 3.8) is 0 Å². The van der Waals surface area contributed by atoms with Crippen molar-refractivity contribution in [2.45, 2.75) is 13.5 Å². The van der Waals surface area contributed by atoms with Crippen molar-refractivity contribution in [1.29, 1.82) is 0 Å². The lowest BCUT2D eigenvalue weighted by atomic mass is 10.1. The van der Waals surface area contributed by atoms with Gasteiger partial charge in [0.1, 0.15) is 0 Å². The van der Waals surface area contributed by atoms with Crippen LogP contribution in [0, 0.1) is 6.92 Å². The number of benzene rings is 2. The van der Waals surface area contributed by atoms with Gasteiger partial charge in [-0.05, 0) is 30.7 Å². The minimum absolute atomic E-state index is 0.0364. The van der Waals surface area contributed by atoms with Crippen LogP contribution in [0.2, 0.25) is 0 Å². The Morgan fingerprint density at radius 2 is 1.73 bits per heavy atom. The second kappa shape index (κ2) is 6.76. The van der Waals surface area contributed by atoms with Crippen molar-refractivity contribution < 1.29 is 19.4 Å². The molecule has 0 aromatic heterocycles. The number of rotatable bonds is 5. The summed E-state index contributed by atoms with van der Waals surface area (Å²) in [5.74, 6) is -1.66. The van der Waals surface area contributed by atoms with Gasteiger partial charge in [0.25, 0.3) is 0 Å². The van der Waals surface area contributed by atoms with Gasteiger partial charge in [-0.1, -0.05) is 29.8 Å². The number of carboxylic acid groups (broad SMARTS) is 1. The summed E-state index contributed by atoms with van der Waals surface area (Å²) in [6.45, 7) is 2.54. The molecule has 0 spiro atoms. The highest BCUT2D eigenvalue weighted by Gasteiger charge is 2.12. The third-order valence-electron chi connectivity index (χ3n) is 3.22. The molecular formula is C17H17NO4. The third kappa shape index (κ3) is 3.85. The Balaban J connectivity index is 2.22. The summed E-state index contributed by atoms with van der Waals surface area (Å²) in [5, 5.41) is 12.2. The van der Waals surface area contributed by atoms with E-state index in [0.717, 1.165) is 5.56 Å². The largest absolute Gasteiger partial charge is 0.478 e. The Morgan fingerprint density at radius 1 is 1.09 bits per heavy atom. The van der Waals surface area contributed by atoms with Gasteiger partial charge in [-0.15, -0.1) is 0 Å². The molecule has 0 aliphatic rings. The number of aromatic carboxylic acids is 1. The molecule has 0 aliphatic carbocycles. The smallest absolute Gasteiger partial charge is 0.337 e. The Hall–Kier alpha value is -2.82. The van der Waals surface area contributed by atoms with E-state index in [1.165, 1.54) is 24.8 Å². The molecule has 0 saturated heterocycles. The summed E-state index contributed by atoms with van der Waals surface area (Å²) in [6, 6.07) is 12.4. The molecule has 2 aromatic carbocycles. The second-order valence-corrected chi connectivity index (χ2v) is 4.93. The van der Waals surface area contributed by atoms with E-state index in [9.17, 15) is 9.59 Å². The van der Waals surface area contributed by atoms with Gasteiger partial charge < -0.3 is 15.2 Å². The standard InChI is InChI=1S/C17H17NO4/c1-11-3-5-12(6-4-11)10-18-15-8-13(16(19)20)7-14(9-15)17(21)22-2/h3-9,18H,10H2,1-2H3,(H,19,20). The lowest BCUT2D eigenvalue weighted by molar-refractivity contribution is 0.0601.